The van der Waals surface area contributed by atoms with Crippen LogP contribution in [0.1, 0.15) is 33.6 Å². The Labute approximate surface area is 133 Å². The van der Waals surface area contributed by atoms with E-state index in [1.807, 2.05) is 11.5 Å². The number of rotatable bonds is 3. The minimum atomic E-state index is -0.203. The lowest BCUT2D eigenvalue weighted by molar-refractivity contribution is 0.0707. The lowest BCUT2D eigenvalue weighted by atomic mass is 10.2. The van der Waals surface area contributed by atoms with Crippen LogP contribution in [0.15, 0.2) is 30.5 Å². The average Bonchev–Trinajstić information content (AvgIpc) is 2.98. The molecule has 2 aromatic rings. The number of hydrogen-bond donors (Lipinski definition) is 2. The molecule has 0 radical (unpaired) electrons. The van der Waals surface area contributed by atoms with Crippen molar-refractivity contribution in [2.75, 3.05) is 13.1 Å². The van der Waals surface area contributed by atoms with Gasteiger partial charge in [0.15, 0.2) is 0 Å². The molecule has 23 heavy (non-hydrogen) atoms. The van der Waals surface area contributed by atoms with Gasteiger partial charge in [0.25, 0.3) is 11.8 Å². The maximum Gasteiger partial charge on any atom is 0.271 e. The Morgan fingerprint density at radius 1 is 1.26 bits per heavy atom. The zero-order valence-electron chi connectivity index (χ0n) is 12.8. The van der Waals surface area contributed by atoms with E-state index in [1.165, 1.54) is 12.1 Å². The monoisotopic (exact) mass is 314 g/mol. The average molecular weight is 314 g/mol. The maximum absolute atomic E-state index is 12.5. The summed E-state index contributed by atoms with van der Waals surface area (Å²) in [6.45, 7) is 3.92. The van der Waals surface area contributed by atoms with Crippen molar-refractivity contribution >= 4 is 11.8 Å². The van der Waals surface area contributed by atoms with E-state index in [2.05, 4.69) is 10.3 Å². The first-order valence-corrected chi connectivity index (χ1v) is 7.51. The Morgan fingerprint density at radius 2 is 2.00 bits per heavy atom. The largest absolute Gasteiger partial charge is 0.508 e. The van der Waals surface area contributed by atoms with Crippen molar-refractivity contribution in [1.29, 1.82) is 0 Å². The summed E-state index contributed by atoms with van der Waals surface area (Å²) in [6, 6.07) is 6.17. The first-order chi connectivity index (χ1) is 11.1. The summed E-state index contributed by atoms with van der Waals surface area (Å²) in [7, 11) is 0. The van der Waals surface area contributed by atoms with Gasteiger partial charge >= 0.3 is 0 Å². The van der Waals surface area contributed by atoms with Crippen LogP contribution in [-0.2, 0) is 13.1 Å². The summed E-state index contributed by atoms with van der Waals surface area (Å²) in [4.78, 5) is 30.3. The quantitative estimate of drug-likeness (QED) is 0.884. The Hall–Kier alpha value is -2.83. The van der Waals surface area contributed by atoms with E-state index in [0.717, 1.165) is 0 Å². The second-order valence-corrected chi connectivity index (χ2v) is 5.37. The maximum atomic E-state index is 12.5. The number of benzene rings is 1. The van der Waals surface area contributed by atoms with E-state index in [-0.39, 0.29) is 17.6 Å². The van der Waals surface area contributed by atoms with Gasteiger partial charge in [0, 0.05) is 31.4 Å². The molecule has 0 unspecified atom stereocenters. The molecule has 7 heteroatoms. The number of carbonyl (C=O) groups excluding carboxylic acids is 2. The fourth-order valence-electron chi connectivity index (χ4n) is 2.57. The molecule has 0 fully saturated rings. The smallest absolute Gasteiger partial charge is 0.271 e. The second kappa shape index (κ2) is 6.12. The molecule has 1 aliphatic rings. The number of aromatic nitrogens is 2. The first kappa shape index (κ1) is 15.1. The van der Waals surface area contributed by atoms with Gasteiger partial charge in [-0.3, -0.25) is 9.59 Å². The molecule has 0 aliphatic carbocycles. The van der Waals surface area contributed by atoms with Crippen molar-refractivity contribution in [3.05, 3.63) is 47.5 Å². The van der Waals surface area contributed by atoms with Crippen molar-refractivity contribution < 1.29 is 14.7 Å². The highest BCUT2D eigenvalue weighted by molar-refractivity contribution is 5.94. The number of nitrogens with zero attached hydrogens (tertiary/aromatic N) is 3. The number of hydrogen-bond acceptors (Lipinski definition) is 4. The van der Waals surface area contributed by atoms with Gasteiger partial charge in [0.05, 0.1) is 6.54 Å². The third-order valence-electron chi connectivity index (χ3n) is 3.77. The minimum absolute atomic E-state index is 0.112. The van der Waals surface area contributed by atoms with Gasteiger partial charge in [0.1, 0.15) is 17.3 Å². The van der Waals surface area contributed by atoms with Gasteiger partial charge < -0.3 is 19.9 Å². The Bertz CT molecular complexity index is 736. The molecule has 2 heterocycles. The highest BCUT2D eigenvalue weighted by Crippen LogP contribution is 2.17. The van der Waals surface area contributed by atoms with Crippen LogP contribution in [0, 0.1) is 0 Å². The predicted molar refractivity (Wildman–Crippen MR) is 83.1 cm³/mol. The third kappa shape index (κ3) is 3.03. The van der Waals surface area contributed by atoms with Crippen LogP contribution in [0.5, 0.6) is 5.75 Å². The molecule has 0 bridgehead atoms. The van der Waals surface area contributed by atoms with Gasteiger partial charge in [-0.1, -0.05) is 0 Å². The third-order valence-corrected chi connectivity index (χ3v) is 3.77. The Kier molecular flexibility index (Phi) is 4.01. The molecule has 2 amide bonds. The lowest BCUT2D eigenvalue weighted by Gasteiger charge is -2.27. The first-order valence-electron chi connectivity index (χ1n) is 7.51. The van der Waals surface area contributed by atoms with Crippen LogP contribution in [0.2, 0.25) is 0 Å². The van der Waals surface area contributed by atoms with Crippen LogP contribution in [0.4, 0.5) is 0 Å². The van der Waals surface area contributed by atoms with Gasteiger partial charge in [-0.05, 0) is 31.2 Å². The molecule has 7 nitrogen and oxygen atoms in total. The number of aromatic hydroxyl groups is 1. The van der Waals surface area contributed by atoms with Gasteiger partial charge in [-0.15, -0.1) is 0 Å². The lowest BCUT2D eigenvalue weighted by Crippen LogP contribution is -2.38. The topological polar surface area (TPSA) is 87.5 Å². The number of imidazole rings is 1. The molecule has 1 aliphatic heterocycles. The molecule has 1 aromatic heterocycles. The molecule has 0 atom stereocenters. The molecule has 0 saturated carbocycles. The van der Waals surface area contributed by atoms with E-state index in [0.29, 0.717) is 43.3 Å². The summed E-state index contributed by atoms with van der Waals surface area (Å²) in [5.41, 5.74) is 0.896. The zero-order valence-corrected chi connectivity index (χ0v) is 12.8. The number of amides is 2. The molecule has 1 aromatic carbocycles. The number of nitrogens with one attached hydrogen (secondary N) is 1. The van der Waals surface area contributed by atoms with E-state index < -0.39 is 0 Å². The SMILES string of the molecule is CCNC(=O)c1cn2c(n1)CN(C(=O)c1ccc(O)cc1)CC2. The molecule has 0 spiro atoms. The molecule has 3 rings (SSSR count). The van der Waals surface area contributed by atoms with Crippen LogP contribution in [0.25, 0.3) is 0 Å². The van der Waals surface area contributed by atoms with Crippen molar-refractivity contribution in [3.63, 3.8) is 0 Å². The predicted octanol–water partition coefficient (Wildman–Crippen LogP) is 0.994. The van der Waals surface area contributed by atoms with Crippen molar-refractivity contribution in [2.45, 2.75) is 20.0 Å². The number of phenolic OH excluding ortho intramolecular Hbond substituents is 1. The molecular weight excluding hydrogens is 296 g/mol. The summed E-state index contributed by atoms with van der Waals surface area (Å²) in [6.07, 6.45) is 1.72. The standard InChI is InChI=1S/C16H18N4O3/c1-2-17-15(22)13-9-19-7-8-20(10-14(19)18-13)16(23)11-3-5-12(21)6-4-11/h3-6,9,21H,2,7-8,10H2,1H3,(H,17,22). The van der Waals surface area contributed by atoms with Crippen LogP contribution < -0.4 is 5.32 Å². The fraction of sp³-hybridized carbons (Fsp3) is 0.312. The van der Waals surface area contributed by atoms with Crippen molar-refractivity contribution in [1.82, 2.24) is 19.8 Å². The summed E-state index contributed by atoms with van der Waals surface area (Å²) in [5.74, 6) is 0.511. The second-order valence-electron chi connectivity index (χ2n) is 5.37. The van der Waals surface area contributed by atoms with Crippen LogP contribution in [-0.4, -0.2) is 44.5 Å². The normalized spacial score (nSPS) is 13.5. The van der Waals surface area contributed by atoms with E-state index in [9.17, 15) is 14.7 Å². The fourth-order valence-corrected chi connectivity index (χ4v) is 2.57. The van der Waals surface area contributed by atoms with E-state index >= 15 is 0 Å². The summed E-state index contributed by atoms with van der Waals surface area (Å²) >= 11 is 0. The highest BCUT2D eigenvalue weighted by Gasteiger charge is 2.24. The van der Waals surface area contributed by atoms with Crippen LogP contribution in [0.3, 0.4) is 0 Å². The van der Waals surface area contributed by atoms with E-state index in [4.69, 9.17) is 0 Å². The minimum Gasteiger partial charge on any atom is -0.508 e. The Morgan fingerprint density at radius 3 is 2.70 bits per heavy atom. The van der Waals surface area contributed by atoms with Gasteiger partial charge in [-0.25, -0.2) is 4.98 Å². The summed E-state index contributed by atoms with van der Waals surface area (Å²) < 4.78 is 1.91. The van der Waals surface area contributed by atoms with Crippen LogP contribution >= 0.6 is 0 Å². The van der Waals surface area contributed by atoms with Crippen molar-refractivity contribution in [3.8, 4) is 5.75 Å². The number of carbonyl (C=O) groups is 2. The molecular formula is C16H18N4O3. The van der Waals surface area contributed by atoms with Crippen molar-refractivity contribution in [2.24, 2.45) is 0 Å². The van der Waals surface area contributed by atoms with Gasteiger partial charge in [0.2, 0.25) is 0 Å². The Balaban J connectivity index is 1.76. The molecule has 0 saturated heterocycles. The highest BCUT2D eigenvalue weighted by atomic mass is 16.3. The molecule has 2 N–H and O–H groups in total. The summed E-state index contributed by atoms with van der Waals surface area (Å²) in [5, 5.41) is 12.0. The van der Waals surface area contributed by atoms with Gasteiger partial charge in [-0.2, -0.15) is 0 Å². The van der Waals surface area contributed by atoms with E-state index in [1.54, 1.807) is 23.2 Å². The zero-order chi connectivity index (χ0) is 16.4. The number of phenols is 1. The molecule has 120 valence electrons. The number of fused-ring (bicyclic) bond motifs is 1.